The van der Waals surface area contributed by atoms with Crippen LogP contribution in [0.1, 0.15) is 12.0 Å². The van der Waals surface area contributed by atoms with E-state index >= 15 is 0 Å². The van der Waals surface area contributed by atoms with Crippen LogP contribution in [0.15, 0.2) is 66.7 Å². The van der Waals surface area contributed by atoms with Gasteiger partial charge in [-0.1, -0.05) is 60.7 Å². The minimum atomic E-state index is 0. The Bertz CT molecular complexity index is 563. The van der Waals surface area contributed by atoms with Gasteiger partial charge in [0.1, 0.15) is 0 Å². The molecule has 1 nitrogen and oxygen atoms in total. The summed E-state index contributed by atoms with van der Waals surface area (Å²) in [5, 5.41) is 0. The second-order valence-electron chi connectivity index (χ2n) is 5.06. The standard InChI is InChI=1S/C18H19N.ClH/c1-3-9-17(10-4-1)18-11-7-8-16(14-18)15-19-12-5-2-6-13-19;/h1-5,7-11,14H,6,12-13,15H2;1H. The molecule has 104 valence electrons. The number of nitrogens with zero attached hydrogens (tertiary/aromatic N) is 1. The summed E-state index contributed by atoms with van der Waals surface area (Å²) in [6.07, 6.45) is 5.72. The lowest BCUT2D eigenvalue weighted by atomic mass is 10.0. The van der Waals surface area contributed by atoms with Gasteiger partial charge in [0.05, 0.1) is 0 Å². The van der Waals surface area contributed by atoms with Crippen LogP contribution in [-0.2, 0) is 6.54 Å². The van der Waals surface area contributed by atoms with E-state index in [1.54, 1.807) is 0 Å². The van der Waals surface area contributed by atoms with Gasteiger partial charge in [-0.15, -0.1) is 12.4 Å². The third-order valence-corrected chi connectivity index (χ3v) is 3.58. The fourth-order valence-electron chi connectivity index (χ4n) is 2.57. The van der Waals surface area contributed by atoms with Crippen molar-refractivity contribution in [2.45, 2.75) is 13.0 Å². The summed E-state index contributed by atoms with van der Waals surface area (Å²) >= 11 is 0. The minimum absolute atomic E-state index is 0. The molecule has 2 heteroatoms. The summed E-state index contributed by atoms with van der Waals surface area (Å²) in [5.74, 6) is 0. The molecule has 3 rings (SSSR count). The van der Waals surface area contributed by atoms with Gasteiger partial charge in [0, 0.05) is 19.6 Å². The Balaban J connectivity index is 0.00000147. The lowest BCUT2D eigenvalue weighted by molar-refractivity contribution is 0.291. The number of rotatable bonds is 3. The van der Waals surface area contributed by atoms with Gasteiger partial charge in [0.15, 0.2) is 0 Å². The molecule has 1 aliphatic rings. The predicted octanol–water partition coefficient (Wildman–Crippen LogP) is 4.54. The molecule has 0 saturated carbocycles. The van der Waals surface area contributed by atoms with Gasteiger partial charge in [-0.25, -0.2) is 0 Å². The van der Waals surface area contributed by atoms with Gasteiger partial charge in [0.2, 0.25) is 0 Å². The quantitative estimate of drug-likeness (QED) is 0.749. The van der Waals surface area contributed by atoms with Crippen molar-refractivity contribution in [3.8, 4) is 11.1 Å². The second kappa shape index (κ2) is 7.28. The van der Waals surface area contributed by atoms with Crippen LogP contribution < -0.4 is 0 Å². The van der Waals surface area contributed by atoms with Gasteiger partial charge in [-0.3, -0.25) is 4.90 Å². The van der Waals surface area contributed by atoms with Crippen LogP contribution >= 0.6 is 12.4 Å². The molecule has 0 amide bonds. The Morgan fingerprint density at radius 1 is 0.850 bits per heavy atom. The minimum Gasteiger partial charge on any atom is -0.295 e. The Labute approximate surface area is 127 Å². The molecular weight excluding hydrogens is 266 g/mol. The summed E-state index contributed by atoms with van der Waals surface area (Å²) in [5.41, 5.74) is 4.00. The molecule has 0 atom stereocenters. The zero-order valence-corrected chi connectivity index (χ0v) is 12.4. The van der Waals surface area contributed by atoms with Gasteiger partial charge in [-0.2, -0.15) is 0 Å². The number of hydrogen-bond acceptors (Lipinski definition) is 1. The van der Waals surface area contributed by atoms with Crippen molar-refractivity contribution < 1.29 is 0 Å². The van der Waals surface area contributed by atoms with Crippen LogP contribution in [0, 0.1) is 0 Å². The zero-order valence-electron chi connectivity index (χ0n) is 11.5. The summed E-state index contributed by atoms with van der Waals surface area (Å²) < 4.78 is 0. The first-order chi connectivity index (χ1) is 9.42. The van der Waals surface area contributed by atoms with E-state index in [0.717, 1.165) is 13.1 Å². The zero-order chi connectivity index (χ0) is 12.9. The summed E-state index contributed by atoms with van der Waals surface area (Å²) in [4.78, 5) is 2.49. The fourth-order valence-corrected chi connectivity index (χ4v) is 2.57. The maximum absolute atomic E-state index is 2.49. The molecule has 0 bridgehead atoms. The molecule has 0 radical (unpaired) electrons. The van der Waals surface area contributed by atoms with Crippen molar-refractivity contribution >= 4 is 12.4 Å². The lowest BCUT2D eigenvalue weighted by Crippen LogP contribution is -2.26. The Hall–Kier alpha value is -1.57. The molecule has 0 N–H and O–H groups in total. The van der Waals surface area contributed by atoms with E-state index in [1.165, 1.54) is 29.7 Å². The SMILES string of the molecule is C1=CCN(Cc2cccc(-c3ccccc3)c2)CC1.Cl. The molecule has 0 fully saturated rings. The predicted molar refractivity (Wildman–Crippen MR) is 88.2 cm³/mol. The molecule has 0 unspecified atom stereocenters. The van der Waals surface area contributed by atoms with Gasteiger partial charge in [-0.05, 0) is 29.2 Å². The van der Waals surface area contributed by atoms with Crippen molar-refractivity contribution in [1.82, 2.24) is 4.90 Å². The molecule has 2 aromatic rings. The Morgan fingerprint density at radius 3 is 2.40 bits per heavy atom. The van der Waals surface area contributed by atoms with Crippen molar-refractivity contribution in [2.24, 2.45) is 0 Å². The van der Waals surface area contributed by atoms with Crippen LogP contribution in [-0.4, -0.2) is 18.0 Å². The van der Waals surface area contributed by atoms with Crippen molar-refractivity contribution in [2.75, 3.05) is 13.1 Å². The highest BCUT2D eigenvalue weighted by Crippen LogP contribution is 2.21. The highest BCUT2D eigenvalue weighted by Gasteiger charge is 2.07. The van der Waals surface area contributed by atoms with E-state index in [-0.39, 0.29) is 12.4 Å². The lowest BCUT2D eigenvalue weighted by Gasteiger charge is -2.23. The Morgan fingerprint density at radius 2 is 1.65 bits per heavy atom. The van der Waals surface area contributed by atoms with Crippen LogP contribution in [0.4, 0.5) is 0 Å². The third-order valence-electron chi connectivity index (χ3n) is 3.58. The van der Waals surface area contributed by atoms with Gasteiger partial charge >= 0.3 is 0 Å². The normalized spacial score (nSPS) is 14.8. The van der Waals surface area contributed by atoms with E-state index < -0.39 is 0 Å². The van der Waals surface area contributed by atoms with E-state index in [4.69, 9.17) is 0 Å². The summed E-state index contributed by atoms with van der Waals surface area (Å²) in [6, 6.07) is 19.5. The van der Waals surface area contributed by atoms with E-state index in [2.05, 4.69) is 71.6 Å². The largest absolute Gasteiger partial charge is 0.295 e. The topological polar surface area (TPSA) is 3.24 Å². The average Bonchev–Trinajstić information content (AvgIpc) is 2.49. The number of halogens is 1. The van der Waals surface area contributed by atoms with Crippen LogP contribution in [0.2, 0.25) is 0 Å². The monoisotopic (exact) mass is 285 g/mol. The highest BCUT2D eigenvalue weighted by molar-refractivity contribution is 5.85. The molecule has 2 aromatic carbocycles. The molecule has 20 heavy (non-hydrogen) atoms. The molecule has 0 aromatic heterocycles. The highest BCUT2D eigenvalue weighted by atomic mass is 35.5. The van der Waals surface area contributed by atoms with Crippen LogP contribution in [0.25, 0.3) is 11.1 Å². The second-order valence-corrected chi connectivity index (χ2v) is 5.06. The molecule has 0 saturated heterocycles. The first-order valence-electron chi connectivity index (χ1n) is 6.93. The van der Waals surface area contributed by atoms with Crippen molar-refractivity contribution in [3.05, 3.63) is 72.3 Å². The van der Waals surface area contributed by atoms with Crippen molar-refractivity contribution in [1.29, 1.82) is 0 Å². The maximum Gasteiger partial charge on any atom is 0.0237 e. The smallest absolute Gasteiger partial charge is 0.0237 e. The van der Waals surface area contributed by atoms with Crippen molar-refractivity contribution in [3.63, 3.8) is 0 Å². The summed E-state index contributed by atoms with van der Waals surface area (Å²) in [6.45, 7) is 3.30. The molecule has 0 spiro atoms. The van der Waals surface area contributed by atoms with Crippen LogP contribution in [0.3, 0.4) is 0 Å². The Kier molecular flexibility index (Phi) is 5.40. The number of benzene rings is 2. The number of hydrogen-bond donors (Lipinski definition) is 0. The molecular formula is C18H20ClN. The first-order valence-corrected chi connectivity index (χ1v) is 6.93. The van der Waals surface area contributed by atoms with E-state index in [0.29, 0.717) is 0 Å². The summed E-state index contributed by atoms with van der Waals surface area (Å²) in [7, 11) is 0. The maximum atomic E-state index is 2.49. The first kappa shape index (κ1) is 14.8. The van der Waals surface area contributed by atoms with Crippen LogP contribution in [0.5, 0.6) is 0 Å². The fraction of sp³-hybridized carbons (Fsp3) is 0.222. The molecule has 1 aliphatic heterocycles. The average molecular weight is 286 g/mol. The van der Waals surface area contributed by atoms with Gasteiger partial charge in [0.25, 0.3) is 0 Å². The van der Waals surface area contributed by atoms with E-state index in [9.17, 15) is 0 Å². The van der Waals surface area contributed by atoms with E-state index in [1.807, 2.05) is 0 Å². The molecule has 0 aliphatic carbocycles. The third kappa shape index (κ3) is 3.72. The van der Waals surface area contributed by atoms with Gasteiger partial charge < -0.3 is 0 Å². The molecule has 1 heterocycles.